The van der Waals surface area contributed by atoms with E-state index in [0.29, 0.717) is 6.42 Å². The van der Waals surface area contributed by atoms with Crippen LogP contribution in [-0.2, 0) is 0 Å². The standard InChI is InChI=1S/C11H13FN2/c1-3-11(2,8-13)14-10-6-4-9(12)5-7-10/h4-7,14H,3H2,1-2H3. The van der Waals surface area contributed by atoms with Gasteiger partial charge in [0.2, 0.25) is 0 Å². The van der Waals surface area contributed by atoms with E-state index in [0.717, 1.165) is 5.69 Å². The van der Waals surface area contributed by atoms with Crippen LogP contribution in [0.5, 0.6) is 0 Å². The highest BCUT2D eigenvalue weighted by Gasteiger charge is 2.20. The Morgan fingerprint density at radius 3 is 2.43 bits per heavy atom. The van der Waals surface area contributed by atoms with Crippen molar-refractivity contribution in [1.82, 2.24) is 0 Å². The van der Waals surface area contributed by atoms with Crippen molar-refractivity contribution in [2.24, 2.45) is 0 Å². The summed E-state index contributed by atoms with van der Waals surface area (Å²) in [4.78, 5) is 0. The largest absolute Gasteiger partial charge is 0.368 e. The second-order valence-electron chi connectivity index (χ2n) is 3.43. The highest BCUT2D eigenvalue weighted by Crippen LogP contribution is 2.17. The Kier molecular flexibility index (Phi) is 3.08. The first-order valence-electron chi connectivity index (χ1n) is 4.54. The maximum Gasteiger partial charge on any atom is 0.123 e. The van der Waals surface area contributed by atoms with Gasteiger partial charge in [0, 0.05) is 5.69 Å². The van der Waals surface area contributed by atoms with E-state index in [2.05, 4.69) is 11.4 Å². The number of hydrogen-bond acceptors (Lipinski definition) is 2. The number of nitriles is 1. The van der Waals surface area contributed by atoms with Crippen molar-refractivity contribution in [3.8, 4) is 6.07 Å². The highest BCUT2D eigenvalue weighted by atomic mass is 19.1. The van der Waals surface area contributed by atoms with E-state index in [1.807, 2.05) is 13.8 Å². The molecule has 0 heterocycles. The third-order valence-electron chi connectivity index (χ3n) is 2.22. The molecule has 3 heteroatoms. The third-order valence-corrected chi connectivity index (χ3v) is 2.22. The quantitative estimate of drug-likeness (QED) is 0.799. The number of hydrogen-bond donors (Lipinski definition) is 1. The maximum atomic E-state index is 12.6. The number of nitrogens with zero attached hydrogens (tertiary/aromatic N) is 1. The lowest BCUT2D eigenvalue weighted by atomic mass is 10.0. The molecule has 0 spiro atoms. The smallest absolute Gasteiger partial charge is 0.123 e. The molecule has 1 rings (SSSR count). The number of halogens is 1. The molecule has 14 heavy (non-hydrogen) atoms. The SMILES string of the molecule is CCC(C)(C#N)Nc1ccc(F)cc1. The Morgan fingerprint density at radius 2 is 2.00 bits per heavy atom. The fourth-order valence-corrected chi connectivity index (χ4v) is 1.05. The van der Waals surface area contributed by atoms with Crippen molar-refractivity contribution in [2.45, 2.75) is 25.8 Å². The maximum absolute atomic E-state index is 12.6. The van der Waals surface area contributed by atoms with Crippen LogP contribution in [0.1, 0.15) is 20.3 Å². The van der Waals surface area contributed by atoms with Crippen LogP contribution in [0.2, 0.25) is 0 Å². The summed E-state index contributed by atoms with van der Waals surface area (Å²) in [5.74, 6) is -0.272. The lowest BCUT2D eigenvalue weighted by Gasteiger charge is -2.22. The summed E-state index contributed by atoms with van der Waals surface area (Å²) in [6, 6.07) is 8.18. The van der Waals surface area contributed by atoms with Gasteiger partial charge in [-0.2, -0.15) is 5.26 Å². The monoisotopic (exact) mass is 192 g/mol. The summed E-state index contributed by atoms with van der Waals surface area (Å²) in [6.45, 7) is 3.75. The summed E-state index contributed by atoms with van der Waals surface area (Å²) in [6.07, 6.45) is 0.695. The topological polar surface area (TPSA) is 35.8 Å². The molecule has 0 aliphatic heterocycles. The fraction of sp³-hybridized carbons (Fsp3) is 0.364. The van der Waals surface area contributed by atoms with Crippen molar-refractivity contribution in [1.29, 1.82) is 5.26 Å². The molecule has 1 aromatic rings. The van der Waals surface area contributed by atoms with Crippen LogP contribution in [0.15, 0.2) is 24.3 Å². The predicted octanol–water partition coefficient (Wildman–Crippen LogP) is 2.93. The molecule has 1 aromatic carbocycles. The van der Waals surface area contributed by atoms with Crippen LogP contribution >= 0.6 is 0 Å². The zero-order chi connectivity index (χ0) is 10.6. The molecule has 1 N–H and O–H groups in total. The van der Waals surface area contributed by atoms with Gasteiger partial charge in [0.05, 0.1) is 6.07 Å². The fourth-order valence-electron chi connectivity index (χ4n) is 1.05. The number of benzene rings is 1. The molecule has 0 aliphatic rings. The third kappa shape index (κ3) is 2.46. The van der Waals surface area contributed by atoms with E-state index in [1.54, 1.807) is 12.1 Å². The van der Waals surface area contributed by atoms with E-state index in [4.69, 9.17) is 5.26 Å². The second kappa shape index (κ2) is 4.10. The van der Waals surface area contributed by atoms with E-state index in [-0.39, 0.29) is 5.82 Å². The van der Waals surface area contributed by atoms with Crippen LogP contribution in [-0.4, -0.2) is 5.54 Å². The Morgan fingerprint density at radius 1 is 1.43 bits per heavy atom. The number of anilines is 1. The molecule has 0 aliphatic carbocycles. The van der Waals surface area contributed by atoms with Crippen molar-refractivity contribution in [3.63, 3.8) is 0 Å². The lowest BCUT2D eigenvalue weighted by Crippen LogP contribution is -2.31. The molecule has 0 amide bonds. The lowest BCUT2D eigenvalue weighted by molar-refractivity contribution is 0.619. The zero-order valence-corrected chi connectivity index (χ0v) is 8.34. The average Bonchev–Trinajstić information content (AvgIpc) is 2.21. The molecule has 0 bridgehead atoms. The van der Waals surface area contributed by atoms with Crippen LogP contribution in [0.3, 0.4) is 0 Å². The van der Waals surface area contributed by atoms with Crippen molar-refractivity contribution >= 4 is 5.69 Å². The number of nitrogens with one attached hydrogen (secondary N) is 1. The van der Waals surface area contributed by atoms with Crippen LogP contribution in [0.4, 0.5) is 10.1 Å². The van der Waals surface area contributed by atoms with Gasteiger partial charge < -0.3 is 5.32 Å². The van der Waals surface area contributed by atoms with Gasteiger partial charge in [-0.25, -0.2) is 4.39 Å². The van der Waals surface area contributed by atoms with Gasteiger partial charge in [0.1, 0.15) is 11.4 Å². The van der Waals surface area contributed by atoms with Gasteiger partial charge >= 0.3 is 0 Å². The summed E-state index contributed by atoms with van der Waals surface area (Å²) in [7, 11) is 0. The molecule has 0 aromatic heterocycles. The van der Waals surface area contributed by atoms with Crippen LogP contribution in [0, 0.1) is 17.1 Å². The first-order chi connectivity index (χ1) is 6.59. The van der Waals surface area contributed by atoms with Gasteiger partial charge in [-0.3, -0.25) is 0 Å². The van der Waals surface area contributed by atoms with Crippen LogP contribution in [0.25, 0.3) is 0 Å². The summed E-state index contributed by atoms with van der Waals surface area (Å²) in [5, 5.41) is 12.0. The van der Waals surface area contributed by atoms with Gasteiger partial charge in [0.15, 0.2) is 0 Å². The molecule has 0 saturated heterocycles. The van der Waals surface area contributed by atoms with Crippen molar-refractivity contribution in [3.05, 3.63) is 30.1 Å². The molecule has 74 valence electrons. The Hall–Kier alpha value is -1.56. The minimum absolute atomic E-state index is 0.272. The minimum atomic E-state index is -0.585. The molecule has 1 atom stereocenters. The summed E-state index contributed by atoms with van der Waals surface area (Å²) < 4.78 is 12.6. The van der Waals surface area contributed by atoms with Gasteiger partial charge in [-0.05, 0) is 37.6 Å². The zero-order valence-electron chi connectivity index (χ0n) is 8.34. The molecule has 1 unspecified atom stereocenters. The normalized spacial score (nSPS) is 14.1. The summed E-state index contributed by atoms with van der Waals surface area (Å²) >= 11 is 0. The van der Waals surface area contributed by atoms with E-state index < -0.39 is 5.54 Å². The average molecular weight is 192 g/mol. The first kappa shape index (κ1) is 10.5. The molecule has 2 nitrogen and oxygen atoms in total. The van der Waals surface area contributed by atoms with Gasteiger partial charge in [0.25, 0.3) is 0 Å². The first-order valence-corrected chi connectivity index (χ1v) is 4.54. The van der Waals surface area contributed by atoms with E-state index in [1.165, 1.54) is 12.1 Å². The molecule has 0 saturated carbocycles. The second-order valence-corrected chi connectivity index (χ2v) is 3.43. The molecular formula is C11H13FN2. The molecular weight excluding hydrogens is 179 g/mol. The minimum Gasteiger partial charge on any atom is -0.368 e. The highest BCUT2D eigenvalue weighted by molar-refractivity contribution is 5.47. The molecule has 0 fully saturated rings. The van der Waals surface area contributed by atoms with Crippen molar-refractivity contribution < 1.29 is 4.39 Å². The number of rotatable bonds is 3. The van der Waals surface area contributed by atoms with E-state index in [9.17, 15) is 4.39 Å². The summed E-state index contributed by atoms with van der Waals surface area (Å²) in [5.41, 5.74) is 0.176. The Labute approximate surface area is 83.4 Å². The molecule has 0 radical (unpaired) electrons. The van der Waals surface area contributed by atoms with Crippen LogP contribution < -0.4 is 5.32 Å². The predicted molar refractivity (Wildman–Crippen MR) is 54.3 cm³/mol. The van der Waals surface area contributed by atoms with Crippen molar-refractivity contribution in [2.75, 3.05) is 5.32 Å². The Bertz CT molecular complexity index is 339. The van der Waals surface area contributed by atoms with E-state index >= 15 is 0 Å². The van der Waals surface area contributed by atoms with Gasteiger partial charge in [-0.15, -0.1) is 0 Å². The Balaban J connectivity index is 2.79. The van der Waals surface area contributed by atoms with Gasteiger partial charge in [-0.1, -0.05) is 6.92 Å².